The minimum Gasteiger partial charge on any atom is -0.375 e. The highest BCUT2D eigenvalue weighted by atomic mass is 16.5. The minimum atomic E-state index is -0.283. The van der Waals surface area contributed by atoms with E-state index in [2.05, 4.69) is 15.0 Å². The maximum absolute atomic E-state index is 12.1. The number of methoxy groups -OCH3 is 1. The van der Waals surface area contributed by atoms with Crippen molar-refractivity contribution in [1.29, 1.82) is 0 Å². The fraction of sp³-hybridized carbons (Fsp3) is 0.667. The van der Waals surface area contributed by atoms with Gasteiger partial charge >= 0.3 is 0 Å². The monoisotopic (exact) mass is 309 g/mol. The molecule has 1 aliphatic rings. The molecule has 1 N–H and O–H groups in total. The van der Waals surface area contributed by atoms with Gasteiger partial charge in [-0.05, 0) is 18.8 Å². The Hall–Kier alpha value is -1.89. The molecule has 0 bridgehead atoms. The molecule has 1 aromatic rings. The molecule has 0 aliphatic heterocycles. The normalized spacial score (nSPS) is 15.5. The van der Waals surface area contributed by atoms with E-state index in [1.54, 1.807) is 11.0 Å². The molecule has 0 radical (unpaired) electrons. The number of carbonyl (C=O) groups excluding carboxylic acids is 2. The van der Waals surface area contributed by atoms with E-state index in [1.165, 1.54) is 32.6 Å². The molecule has 0 saturated heterocycles. The SMILES string of the molecule is COCC(=O)N(CC(=O)Nc1ccon1)CC1CCCCC1. The predicted octanol–water partition coefficient (Wildman–Crippen LogP) is 1.67. The molecule has 0 spiro atoms. The summed E-state index contributed by atoms with van der Waals surface area (Å²) in [7, 11) is 1.48. The molecule has 1 fully saturated rings. The predicted molar refractivity (Wildman–Crippen MR) is 80.2 cm³/mol. The molecule has 2 rings (SSSR count). The van der Waals surface area contributed by atoms with E-state index < -0.39 is 0 Å². The summed E-state index contributed by atoms with van der Waals surface area (Å²) in [5, 5.41) is 6.23. The van der Waals surface area contributed by atoms with Gasteiger partial charge < -0.3 is 19.5 Å². The van der Waals surface area contributed by atoms with Gasteiger partial charge in [0.25, 0.3) is 0 Å². The maximum atomic E-state index is 12.1. The number of hydrogen-bond acceptors (Lipinski definition) is 5. The van der Waals surface area contributed by atoms with Crippen LogP contribution in [0.15, 0.2) is 16.9 Å². The molecule has 122 valence electrons. The van der Waals surface area contributed by atoms with E-state index in [1.807, 2.05) is 0 Å². The summed E-state index contributed by atoms with van der Waals surface area (Å²) in [5.41, 5.74) is 0. The van der Waals surface area contributed by atoms with Gasteiger partial charge in [-0.3, -0.25) is 9.59 Å². The first-order valence-electron chi connectivity index (χ1n) is 7.66. The lowest BCUT2D eigenvalue weighted by Gasteiger charge is -2.29. The lowest BCUT2D eigenvalue weighted by atomic mass is 9.89. The molecule has 22 heavy (non-hydrogen) atoms. The third kappa shape index (κ3) is 5.14. The van der Waals surface area contributed by atoms with Crippen LogP contribution in [0.2, 0.25) is 0 Å². The van der Waals surface area contributed by atoms with Gasteiger partial charge in [0, 0.05) is 19.7 Å². The second kappa shape index (κ2) is 8.53. The van der Waals surface area contributed by atoms with Crippen molar-refractivity contribution in [2.45, 2.75) is 32.1 Å². The summed E-state index contributed by atoms with van der Waals surface area (Å²) in [5.74, 6) is 0.369. The quantitative estimate of drug-likeness (QED) is 0.828. The molecule has 1 aromatic heterocycles. The van der Waals surface area contributed by atoms with Gasteiger partial charge in [-0.1, -0.05) is 24.4 Å². The van der Waals surface area contributed by atoms with Crippen LogP contribution in [0.3, 0.4) is 0 Å². The van der Waals surface area contributed by atoms with Crippen molar-refractivity contribution in [3.8, 4) is 0 Å². The van der Waals surface area contributed by atoms with Crippen LogP contribution >= 0.6 is 0 Å². The minimum absolute atomic E-state index is 0.00551. The Kier molecular flexibility index (Phi) is 6.39. The van der Waals surface area contributed by atoms with Crippen molar-refractivity contribution in [3.05, 3.63) is 12.3 Å². The number of aromatic nitrogens is 1. The van der Waals surface area contributed by atoms with Crippen molar-refractivity contribution in [3.63, 3.8) is 0 Å². The zero-order valence-electron chi connectivity index (χ0n) is 12.9. The van der Waals surface area contributed by atoms with Crippen LogP contribution in [0.25, 0.3) is 0 Å². The van der Waals surface area contributed by atoms with Gasteiger partial charge in [0.05, 0.1) is 6.54 Å². The number of nitrogens with one attached hydrogen (secondary N) is 1. The molecular weight excluding hydrogens is 286 g/mol. The van der Waals surface area contributed by atoms with Gasteiger partial charge in [-0.25, -0.2) is 0 Å². The van der Waals surface area contributed by atoms with E-state index in [0.29, 0.717) is 18.3 Å². The second-order valence-corrected chi connectivity index (χ2v) is 5.64. The van der Waals surface area contributed by atoms with Crippen LogP contribution in [0.5, 0.6) is 0 Å². The molecule has 0 unspecified atom stereocenters. The average Bonchev–Trinajstić information content (AvgIpc) is 3.00. The number of ether oxygens (including phenoxy) is 1. The highest BCUT2D eigenvalue weighted by molar-refractivity contribution is 5.93. The highest BCUT2D eigenvalue weighted by Gasteiger charge is 2.23. The van der Waals surface area contributed by atoms with E-state index in [9.17, 15) is 9.59 Å². The third-order valence-corrected chi connectivity index (χ3v) is 3.86. The summed E-state index contributed by atoms with van der Waals surface area (Å²) >= 11 is 0. The number of anilines is 1. The molecular formula is C15H23N3O4. The number of carbonyl (C=O) groups is 2. The first-order chi connectivity index (χ1) is 10.7. The molecule has 0 atom stereocenters. The molecule has 7 heteroatoms. The second-order valence-electron chi connectivity index (χ2n) is 5.64. The molecule has 1 heterocycles. The summed E-state index contributed by atoms with van der Waals surface area (Å²) in [4.78, 5) is 25.8. The smallest absolute Gasteiger partial charge is 0.249 e. The Morgan fingerprint density at radius 3 is 2.82 bits per heavy atom. The number of nitrogens with zero attached hydrogens (tertiary/aromatic N) is 2. The summed E-state index contributed by atoms with van der Waals surface area (Å²) < 4.78 is 9.57. The number of amides is 2. The van der Waals surface area contributed by atoms with Crippen molar-refractivity contribution in [2.75, 3.05) is 32.1 Å². The van der Waals surface area contributed by atoms with Gasteiger partial charge in [0.2, 0.25) is 11.8 Å². The number of rotatable bonds is 7. The van der Waals surface area contributed by atoms with Gasteiger partial charge in [0.1, 0.15) is 12.9 Å². The van der Waals surface area contributed by atoms with Crippen LogP contribution in [0, 0.1) is 5.92 Å². The van der Waals surface area contributed by atoms with E-state index in [4.69, 9.17) is 4.74 Å². The fourth-order valence-electron chi connectivity index (χ4n) is 2.78. The van der Waals surface area contributed by atoms with Gasteiger partial charge in [0.15, 0.2) is 5.82 Å². The molecule has 0 aromatic carbocycles. The van der Waals surface area contributed by atoms with E-state index in [-0.39, 0.29) is 25.0 Å². The van der Waals surface area contributed by atoms with Crippen molar-refractivity contribution in [2.24, 2.45) is 5.92 Å². The molecule has 1 aliphatic carbocycles. The highest BCUT2D eigenvalue weighted by Crippen LogP contribution is 2.24. The Morgan fingerprint density at radius 1 is 1.41 bits per heavy atom. The maximum Gasteiger partial charge on any atom is 0.249 e. The van der Waals surface area contributed by atoms with Crippen molar-refractivity contribution >= 4 is 17.6 Å². The van der Waals surface area contributed by atoms with Crippen LogP contribution in [0.1, 0.15) is 32.1 Å². The first-order valence-corrected chi connectivity index (χ1v) is 7.66. The van der Waals surface area contributed by atoms with E-state index in [0.717, 1.165) is 12.8 Å². The average molecular weight is 309 g/mol. The van der Waals surface area contributed by atoms with Gasteiger partial charge in [-0.15, -0.1) is 0 Å². The van der Waals surface area contributed by atoms with Gasteiger partial charge in [-0.2, -0.15) is 0 Å². The Labute approximate surface area is 130 Å². The first kappa shape index (κ1) is 16.5. The van der Waals surface area contributed by atoms with Crippen LogP contribution < -0.4 is 5.32 Å². The Balaban J connectivity index is 1.90. The van der Waals surface area contributed by atoms with Crippen LogP contribution in [0.4, 0.5) is 5.82 Å². The zero-order valence-corrected chi connectivity index (χ0v) is 12.9. The lowest BCUT2D eigenvalue weighted by molar-refractivity contribution is -0.138. The third-order valence-electron chi connectivity index (χ3n) is 3.86. The summed E-state index contributed by atoms with van der Waals surface area (Å²) in [6.07, 6.45) is 7.26. The zero-order chi connectivity index (χ0) is 15.8. The van der Waals surface area contributed by atoms with Crippen molar-refractivity contribution < 1.29 is 18.8 Å². The Morgan fingerprint density at radius 2 is 2.18 bits per heavy atom. The molecule has 2 amide bonds. The Bertz CT molecular complexity index is 469. The van der Waals surface area contributed by atoms with Crippen molar-refractivity contribution in [1.82, 2.24) is 10.1 Å². The van der Waals surface area contributed by atoms with Crippen LogP contribution in [-0.4, -0.2) is 48.7 Å². The molecule has 7 nitrogen and oxygen atoms in total. The fourth-order valence-corrected chi connectivity index (χ4v) is 2.78. The summed E-state index contributed by atoms with van der Waals surface area (Å²) in [6.45, 7) is 0.601. The lowest BCUT2D eigenvalue weighted by Crippen LogP contribution is -2.42. The largest absolute Gasteiger partial charge is 0.375 e. The topological polar surface area (TPSA) is 84.7 Å². The number of hydrogen-bond donors (Lipinski definition) is 1. The standard InChI is InChI=1S/C15H23N3O4/c1-21-11-15(20)18(9-12-5-3-2-4-6-12)10-14(19)16-13-7-8-22-17-13/h7-8,12H,2-6,9-11H2,1H3,(H,16,17,19). The summed E-state index contributed by atoms with van der Waals surface area (Å²) in [6, 6.07) is 1.56. The van der Waals surface area contributed by atoms with Crippen LogP contribution in [-0.2, 0) is 14.3 Å². The molecule has 1 saturated carbocycles. The van der Waals surface area contributed by atoms with E-state index >= 15 is 0 Å².